The van der Waals surface area contributed by atoms with Crippen LogP contribution in [0.5, 0.6) is 0 Å². The Morgan fingerprint density at radius 2 is 1.96 bits per heavy atom. The van der Waals surface area contributed by atoms with Gasteiger partial charge in [-0.05, 0) is 36.8 Å². The van der Waals surface area contributed by atoms with E-state index in [1.807, 2.05) is 0 Å². The number of methoxy groups -OCH3 is 1. The lowest BCUT2D eigenvalue weighted by Crippen LogP contribution is -2.47. The van der Waals surface area contributed by atoms with E-state index in [9.17, 15) is 13.6 Å². The number of rotatable bonds is 5. The van der Waals surface area contributed by atoms with E-state index in [1.54, 1.807) is 24.3 Å². The molecule has 2 rings (SSSR count). The minimum atomic E-state index is -1.56. The highest BCUT2D eigenvalue weighted by atomic mass is 35.5. The third kappa shape index (κ3) is 3.68. The molecule has 0 spiro atoms. The Morgan fingerprint density at radius 3 is 2.61 bits per heavy atom. The van der Waals surface area contributed by atoms with Crippen molar-refractivity contribution in [2.75, 3.05) is 7.11 Å². The summed E-state index contributed by atoms with van der Waals surface area (Å²) >= 11 is 6.08. The number of hydrogen-bond donors (Lipinski definition) is 1. The highest BCUT2D eigenvalue weighted by Crippen LogP contribution is 2.27. The maximum Gasteiger partial charge on any atom is 0.330 e. The van der Waals surface area contributed by atoms with Gasteiger partial charge in [-0.3, -0.25) is 5.32 Å². The predicted molar refractivity (Wildman–Crippen MR) is 84.0 cm³/mol. The lowest BCUT2D eigenvalue weighted by Gasteiger charge is -2.29. The van der Waals surface area contributed by atoms with Gasteiger partial charge in [-0.2, -0.15) is 0 Å². The largest absolute Gasteiger partial charge is 0.467 e. The second-order valence-corrected chi connectivity index (χ2v) is 5.59. The van der Waals surface area contributed by atoms with E-state index in [4.69, 9.17) is 16.3 Å². The summed E-state index contributed by atoms with van der Waals surface area (Å²) in [6.07, 6.45) is 0. The summed E-state index contributed by atoms with van der Waals surface area (Å²) in [5.74, 6) is -2.07. The highest BCUT2D eigenvalue weighted by Gasteiger charge is 2.38. The van der Waals surface area contributed by atoms with Crippen LogP contribution in [0.4, 0.5) is 8.78 Å². The van der Waals surface area contributed by atoms with Gasteiger partial charge in [0.05, 0.1) is 7.11 Å². The monoisotopic (exact) mass is 339 g/mol. The van der Waals surface area contributed by atoms with Crippen LogP contribution in [0.2, 0.25) is 5.02 Å². The lowest BCUT2D eigenvalue weighted by molar-refractivity contribution is -0.148. The maximum absolute atomic E-state index is 14.1. The van der Waals surface area contributed by atoms with Crippen LogP contribution in [0, 0.1) is 11.6 Å². The molecule has 0 fully saturated rings. The SMILES string of the molecule is COC(=O)C(C)(NCc1ccccc1Cl)c1cc(F)ccc1F. The molecule has 1 N–H and O–H groups in total. The smallest absolute Gasteiger partial charge is 0.330 e. The van der Waals surface area contributed by atoms with E-state index < -0.39 is 23.1 Å². The molecule has 0 saturated heterocycles. The molecule has 0 heterocycles. The van der Waals surface area contributed by atoms with Crippen molar-refractivity contribution in [3.63, 3.8) is 0 Å². The van der Waals surface area contributed by atoms with E-state index in [0.29, 0.717) is 5.02 Å². The van der Waals surface area contributed by atoms with Gasteiger partial charge in [0.25, 0.3) is 0 Å². The summed E-state index contributed by atoms with van der Waals surface area (Å²) in [7, 11) is 1.19. The van der Waals surface area contributed by atoms with E-state index >= 15 is 0 Å². The molecule has 2 aromatic carbocycles. The first-order valence-electron chi connectivity index (χ1n) is 6.91. The number of carbonyl (C=O) groups is 1. The molecule has 0 saturated carbocycles. The van der Waals surface area contributed by atoms with Crippen LogP contribution in [0.1, 0.15) is 18.1 Å². The summed E-state index contributed by atoms with van der Waals surface area (Å²) in [6, 6.07) is 9.99. The van der Waals surface area contributed by atoms with Gasteiger partial charge < -0.3 is 4.74 Å². The summed E-state index contributed by atoms with van der Waals surface area (Å²) in [6.45, 7) is 1.62. The maximum atomic E-state index is 14.1. The van der Waals surface area contributed by atoms with Gasteiger partial charge in [0.2, 0.25) is 0 Å². The van der Waals surface area contributed by atoms with E-state index in [1.165, 1.54) is 14.0 Å². The van der Waals surface area contributed by atoms with E-state index in [0.717, 1.165) is 23.8 Å². The third-order valence-corrected chi connectivity index (χ3v) is 4.02. The van der Waals surface area contributed by atoms with Crippen molar-refractivity contribution < 1.29 is 18.3 Å². The van der Waals surface area contributed by atoms with Gasteiger partial charge in [0.1, 0.15) is 17.2 Å². The minimum absolute atomic E-state index is 0.128. The Kier molecular flexibility index (Phi) is 5.34. The van der Waals surface area contributed by atoms with E-state index in [2.05, 4.69) is 5.32 Å². The normalized spacial score (nSPS) is 13.4. The number of nitrogens with one attached hydrogen (secondary N) is 1. The van der Waals surface area contributed by atoms with Gasteiger partial charge in [0, 0.05) is 17.1 Å². The second-order valence-electron chi connectivity index (χ2n) is 5.19. The van der Waals surface area contributed by atoms with Crippen molar-refractivity contribution in [1.82, 2.24) is 5.32 Å². The molecule has 0 radical (unpaired) electrons. The fraction of sp³-hybridized carbons (Fsp3) is 0.235. The van der Waals surface area contributed by atoms with Crippen molar-refractivity contribution >= 4 is 17.6 Å². The van der Waals surface area contributed by atoms with Gasteiger partial charge in [-0.1, -0.05) is 29.8 Å². The van der Waals surface area contributed by atoms with Crippen molar-refractivity contribution in [1.29, 1.82) is 0 Å². The Morgan fingerprint density at radius 1 is 1.26 bits per heavy atom. The third-order valence-electron chi connectivity index (χ3n) is 3.65. The Bertz CT molecular complexity index is 723. The Balaban J connectivity index is 2.38. The molecule has 1 unspecified atom stereocenters. The highest BCUT2D eigenvalue weighted by molar-refractivity contribution is 6.31. The molecule has 0 aliphatic heterocycles. The topological polar surface area (TPSA) is 38.3 Å². The van der Waals surface area contributed by atoms with Crippen LogP contribution < -0.4 is 5.32 Å². The number of carbonyl (C=O) groups excluding carboxylic acids is 1. The van der Waals surface area contributed by atoms with Crippen LogP contribution >= 0.6 is 11.6 Å². The van der Waals surface area contributed by atoms with Gasteiger partial charge in [0.15, 0.2) is 0 Å². The fourth-order valence-corrected chi connectivity index (χ4v) is 2.48. The van der Waals surface area contributed by atoms with Crippen molar-refractivity contribution in [2.45, 2.75) is 19.0 Å². The average Bonchev–Trinajstić information content (AvgIpc) is 2.55. The van der Waals surface area contributed by atoms with Crippen LogP contribution in [0.3, 0.4) is 0 Å². The standard InChI is InChI=1S/C17H16ClF2NO2/c1-17(16(22)23-2,13-9-12(19)7-8-15(13)20)21-10-11-5-3-4-6-14(11)18/h3-9,21H,10H2,1-2H3. The summed E-state index contributed by atoms with van der Waals surface area (Å²) < 4.78 is 32.4. The number of esters is 1. The molecule has 23 heavy (non-hydrogen) atoms. The molecule has 0 aliphatic rings. The molecule has 0 aromatic heterocycles. The zero-order chi connectivity index (χ0) is 17.0. The number of halogens is 3. The van der Waals surface area contributed by atoms with Gasteiger partial charge in [-0.15, -0.1) is 0 Å². The van der Waals surface area contributed by atoms with Crippen LogP contribution in [0.25, 0.3) is 0 Å². The molecule has 0 aliphatic carbocycles. The molecule has 2 aromatic rings. The molecule has 1 atom stereocenters. The zero-order valence-corrected chi connectivity index (χ0v) is 13.5. The molecular formula is C17H16ClF2NO2. The zero-order valence-electron chi connectivity index (χ0n) is 12.7. The Labute approximate surface area is 138 Å². The average molecular weight is 340 g/mol. The summed E-state index contributed by atoms with van der Waals surface area (Å²) in [5, 5.41) is 3.43. The van der Waals surface area contributed by atoms with Crippen LogP contribution in [0.15, 0.2) is 42.5 Å². The summed E-state index contributed by atoms with van der Waals surface area (Å²) in [4.78, 5) is 12.2. The number of ether oxygens (including phenoxy) is 1. The quantitative estimate of drug-likeness (QED) is 0.842. The fourth-order valence-electron chi connectivity index (χ4n) is 2.28. The van der Waals surface area contributed by atoms with Crippen molar-refractivity contribution in [3.05, 3.63) is 70.2 Å². The molecule has 0 bridgehead atoms. The second kappa shape index (κ2) is 7.06. The Hall–Kier alpha value is -1.98. The lowest BCUT2D eigenvalue weighted by atomic mass is 9.91. The molecular weight excluding hydrogens is 324 g/mol. The van der Waals surface area contributed by atoms with Gasteiger partial charge >= 0.3 is 5.97 Å². The number of benzene rings is 2. The first-order valence-corrected chi connectivity index (χ1v) is 7.28. The van der Waals surface area contributed by atoms with Crippen molar-refractivity contribution in [3.8, 4) is 0 Å². The molecule has 3 nitrogen and oxygen atoms in total. The first-order chi connectivity index (χ1) is 10.9. The summed E-state index contributed by atoms with van der Waals surface area (Å²) in [5.41, 5.74) is -0.961. The van der Waals surface area contributed by atoms with Crippen molar-refractivity contribution in [2.24, 2.45) is 0 Å². The predicted octanol–water partition coefficient (Wildman–Crippen LogP) is 3.80. The van der Waals surface area contributed by atoms with Crippen LogP contribution in [-0.4, -0.2) is 13.1 Å². The van der Waals surface area contributed by atoms with Gasteiger partial charge in [-0.25, -0.2) is 13.6 Å². The van der Waals surface area contributed by atoms with E-state index in [-0.39, 0.29) is 12.1 Å². The molecule has 0 amide bonds. The molecule has 6 heteroatoms. The van der Waals surface area contributed by atoms with Crippen LogP contribution in [-0.2, 0) is 21.6 Å². The minimum Gasteiger partial charge on any atom is -0.467 e. The number of hydrogen-bond acceptors (Lipinski definition) is 3. The first kappa shape index (κ1) is 17.4. The molecule has 122 valence electrons.